The van der Waals surface area contributed by atoms with Gasteiger partial charge in [0.05, 0.1) is 0 Å². The summed E-state index contributed by atoms with van der Waals surface area (Å²) in [5, 5.41) is 3.09. The normalized spacial score (nSPS) is 21.4. The number of amides is 3. The molecular weight excluding hydrogens is 318 g/mol. The van der Waals surface area contributed by atoms with Crippen molar-refractivity contribution in [2.24, 2.45) is 23.3 Å². The van der Waals surface area contributed by atoms with Gasteiger partial charge in [-0.15, -0.1) is 0 Å². The van der Waals surface area contributed by atoms with Crippen LogP contribution in [0.4, 0.5) is 0 Å². The van der Waals surface area contributed by atoms with Crippen molar-refractivity contribution in [1.29, 1.82) is 0 Å². The molecule has 3 atom stereocenters. The van der Waals surface area contributed by atoms with E-state index in [1.165, 1.54) is 24.6 Å². The van der Waals surface area contributed by atoms with Crippen LogP contribution in [0.25, 0.3) is 0 Å². The molecule has 1 aromatic rings. The molecule has 0 aliphatic heterocycles. The summed E-state index contributed by atoms with van der Waals surface area (Å²) in [6.45, 7) is 4.38. The Kier molecular flexibility index (Phi) is 6.17. The average Bonchev–Trinajstić information content (AvgIpc) is 2.60. The highest BCUT2D eigenvalue weighted by Gasteiger charge is 2.30. The first-order chi connectivity index (χ1) is 11.8. The van der Waals surface area contributed by atoms with Crippen molar-refractivity contribution in [1.82, 2.24) is 5.32 Å². The molecule has 0 saturated heterocycles. The van der Waals surface area contributed by atoms with Crippen molar-refractivity contribution in [3.05, 3.63) is 34.9 Å². The minimum absolute atomic E-state index is 0.101. The van der Waals surface area contributed by atoms with Gasteiger partial charge in [-0.1, -0.05) is 33.1 Å². The van der Waals surface area contributed by atoms with E-state index in [4.69, 9.17) is 11.5 Å². The first-order valence-electron chi connectivity index (χ1n) is 8.89. The van der Waals surface area contributed by atoms with Crippen molar-refractivity contribution < 1.29 is 14.4 Å². The molecule has 0 radical (unpaired) electrons. The molecule has 1 aromatic carbocycles. The zero-order valence-electron chi connectivity index (χ0n) is 14.9. The number of carbonyl (C=O) groups is 3. The van der Waals surface area contributed by atoms with Crippen LogP contribution in [0.2, 0.25) is 0 Å². The lowest BCUT2D eigenvalue weighted by Crippen LogP contribution is -2.44. The summed E-state index contributed by atoms with van der Waals surface area (Å²) in [7, 11) is 0. The predicted molar refractivity (Wildman–Crippen MR) is 96.1 cm³/mol. The van der Waals surface area contributed by atoms with Gasteiger partial charge in [-0.2, -0.15) is 0 Å². The second kappa shape index (κ2) is 8.14. The highest BCUT2D eigenvalue weighted by atomic mass is 16.2. The third kappa shape index (κ3) is 4.59. The number of nitrogens with one attached hydrogen (secondary N) is 1. The smallest absolute Gasteiger partial charge is 0.251 e. The molecule has 0 bridgehead atoms. The average molecular weight is 345 g/mol. The monoisotopic (exact) mass is 345 g/mol. The maximum absolute atomic E-state index is 12.7. The van der Waals surface area contributed by atoms with Crippen molar-refractivity contribution >= 4 is 17.7 Å². The first-order valence-corrected chi connectivity index (χ1v) is 8.89. The molecule has 0 heterocycles. The third-order valence-corrected chi connectivity index (χ3v) is 5.27. The van der Waals surface area contributed by atoms with E-state index >= 15 is 0 Å². The van der Waals surface area contributed by atoms with Gasteiger partial charge in [0, 0.05) is 22.7 Å². The van der Waals surface area contributed by atoms with Crippen molar-refractivity contribution in [2.75, 3.05) is 0 Å². The Hall–Kier alpha value is -2.37. The van der Waals surface area contributed by atoms with Crippen molar-refractivity contribution in [3.63, 3.8) is 0 Å². The number of primary amides is 2. The SMILES string of the molecule is CCC(C)C1CCCCC1NC(=O)c1cc(C(N)=O)cc(C(N)=O)c1. The molecule has 1 fully saturated rings. The molecule has 3 amide bonds. The fourth-order valence-electron chi connectivity index (χ4n) is 3.62. The number of hydrogen-bond donors (Lipinski definition) is 3. The third-order valence-electron chi connectivity index (χ3n) is 5.27. The zero-order chi connectivity index (χ0) is 18.6. The summed E-state index contributed by atoms with van der Waals surface area (Å²) >= 11 is 0. The highest BCUT2D eigenvalue weighted by molar-refractivity contribution is 6.03. The topological polar surface area (TPSA) is 115 Å². The fourth-order valence-corrected chi connectivity index (χ4v) is 3.62. The summed E-state index contributed by atoms with van der Waals surface area (Å²) in [4.78, 5) is 35.6. The van der Waals surface area contributed by atoms with E-state index in [1.807, 2.05) is 0 Å². The minimum atomic E-state index is -0.702. The predicted octanol–water partition coefficient (Wildman–Crippen LogP) is 2.22. The Morgan fingerprint density at radius 2 is 1.56 bits per heavy atom. The maximum Gasteiger partial charge on any atom is 0.251 e. The summed E-state index contributed by atoms with van der Waals surface area (Å²) in [6.07, 6.45) is 5.39. The number of carbonyl (C=O) groups excluding carboxylic acids is 3. The molecule has 0 aromatic heterocycles. The van der Waals surface area contributed by atoms with Gasteiger partial charge in [0.2, 0.25) is 11.8 Å². The first kappa shape index (κ1) is 19.0. The van der Waals surface area contributed by atoms with Crippen molar-refractivity contribution in [3.8, 4) is 0 Å². The van der Waals surface area contributed by atoms with Gasteiger partial charge in [-0.05, 0) is 42.9 Å². The second-order valence-electron chi connectivity index (χ2n) is 6.94. The van der Waals surface area contributed by atoms with Crippen LogP contribution in [0.5, 0.6) is 0 Å². The van der Waals surface area contributed by atoms with Crippen LogP contribution in [-0.2, 0) is 0 Å². The van der Waals surface area contributed by atoms with E-state index in [2.05, 4.69) is 19.2 Å². The lowest BCUT2D eigenvalue weighted by molar-refractivity contribution is 0.0883. The Morgan fingerprint density at radius 3 is 2.08 bits per heavy atom. The van der Waals surface area contributed by atoms with Crippen LogP contribution in [0.3, 0.4) is 0 Å². The number of rotatable bonds is 6. The molecule has 2 rings (SSSR count). The fraction of sp³-hybridized carbons (Fsp3) is 0.526. The lowest BCUT2D eigenvalue weighted by atomic mass is 9.76. The van der Waals surface area contributed by atoms with Crippen LogP contribution in [0, 0.1) is 11.8 Å². The van der Waals surface area contributed by atoms with E-state index in [-0.39, 0.29) is 28.6 Å². The Labute approximate surface area is 148 Å². The van der Waals surface area contributed by atoms with E-state index in [0.717, 1.165) is 25.7 Å². The van der Waals surface area contributed by atoms with E-state index < -0.39 is 11.8 Å². The molecule has 0 spiro atoms. The number of nitrogens with two attached hydrogens (primary N) is 2. The molecule has 136 valence electrons. The summed E-state index contributed by atoms with van der Waals surface area (Å²) in [5.74, 6) is -0.730. The van der Waals surface area contributed by atoms with E-state index in [9.17, 15) is 14.4 Å². The lowest BCUT2D eigenvalue weighted by Gasteiger charge is -2.36. The van der Waals surface area contributed by atoms with Crippen LogP contribution < -0.4 is 16.8 Å². The van der Waals surface area contributed by atoms with Gasteiger partial charge in [0.15, 0.2) is 0 Å². The summed E-state index contributed by atoms with van der Waals surface area (Å²) in [5.41, 5.74) is 11.0. The standard InChI is InChI=1S/C19H27N3O3/c1-3-11(2)15-6-4-5-7-16(15)22-19(25)14-9-12(17(20)23)8-13(10-14)18(21)24/h8-11,15-16H,3-7H2,1-2H3,(H2,20,23)(H2,21,24)(H,22,25). The van der Waals surface area contributed by atoms with E-state index in [1.54, 1.807) is 0 Å². The molecule has 1 saturated carbocycles. The van der Waals surface area contributed by atoms with Gasteiger partial charge >= 0.3 is 0 Å². The van der Waals surface area contributed by atoms with E-state index in [0.29, 0.717) is 11.8 Å². The van der Waals surface area contributed by atoms with Gasteiger partial charge < -0.3 is 16.8 Å². The molecule has 5 N–H and O–H groups in total. The highest BCUT2D eigenvalue weighted by Crippen LogP contribution is 2.32. The van der Waals surface area contributed by atoms with Crippen LogP contribution >= 0.6 is 0 Å². The largest absolute Gasteiger partial charge is 0.366 e. The zero-order valence-corrected chi connectivity index (χ0v) is 14.9. The van der Waals surface area contributed by atoms with Gasteiger partial charge in [-0.25, -0.2) is 0 Å². The summed E-state index contributed by atoms with van der Waals surface area (Å²) < 4.78 is 0. The van der Waals surface area contributed by atoms with Crippen LogP contribution in [0.1, 0.15) is 77.0 Å². The number of hydrogen-bond acceptors (Lipinski definition) is 3. The Bertz CT molecular complexity index is 640. The number of benzene rings is 1. The minimum Gasteiger partial charge on any atom is -0.366 e. The molecule has 25 heavy (non-hydrogen) atoms. The maximum atomic E-state index is 12.7. The van der Waals surface area contributed by atoms with Gasteiger partial charge in [0.1, 0.15) is 0 Å². The quantitative estimate of drug-likeness (QED) is 0.734. The second-order valence-corrected chi connectivity index (χ2v) is 6.94. The molecule has 6 heteroatoms. The summed E-state index contributed by atoms with van der Waals surface area (Å²) in [6, 6.07) is 4.23. The molecule has 1 aliphatic carbocycles. The Balaban J connectivity index is 2.24. The van der Waals surface area contributed by atoms with Gasteiger partial charge in [0.25, 0.3) is 5.91 Å². The van der Waals surface area contributed by atoms with Gasteiger partial charge in [-0.3, -0.25) is 14.4 Å². The van der Waals surface area contributed by atoms with Crippen LogP contribution in [-0.4, -0.2) is 23.8 Å². The Morgan fingerprint density at radius 1 is 1.04 bits per heavy atom. The molecule has 3 unspecified atom stereocenters. The van der Waals surface area contributed by atoms with Crippen LogP contribution in [0.15, 0.2) is 18.2 Å². The molecule has 1 aliphatic rings. The molecular formula is C19H27N3O3. The van der Waals surface area contributed by atoms with Crippen molar-refractivity contribution in [2.45, 2.75) is 52.0 Å². The molecule has 6 nitrogen and oxygen atoms in total.